The molecule has 0 aliphatic carbocycles. The van der Waals surface area contributed by atoms with E-state index < -0.39 is 5.92 Å². The smallest absolute Gasteiger partial charge is 0.274 e. The van der Waals surface area contributed by atoms with Crippen molar-refractivity contribution in [3.8, 4) is 17.0 Å². The first-order valence-corrected chi connectivity index (χ1v) is 12.9. The Bertz CT molecular complexity index is 1290. The van der Waals surface area contributed by atoms with Crippen molar-refractivity contribution in [3.05, 3.63) is 88.0 Å². The van der Waals surface area contributed by atoms with Crippen molar-refractivity contribution in [1.29, 1.82) is 0 Å². The van der Waals surface area contributed by atoms with Crippen LogP contribution in [0.25, 0.3) is 11.3 Å². The average Bonchev–Trinajstić information content (AvgIpc) is 3.22. The molecule has 0 aliphatic rings. The SMILES string of the molecule is Cc1ccc(CC[C@@H](C)COc2ccc(Nc3nc(-c4cccnc4)c(Cl)s3)cc2C(C)(F)F)cc1. The van der Waals surface area contributed by atoms with Crippen LogP contribution in [0.5, 0.6) is 5.75 Å². The Labute approximate surface area is 219 Å². The first kappa shape index (κ1) is 26.0. The van der Waals surface area contributed by atoms with Crippen molar-refractivity contribution < 1.29 is 13.5 Å². The second-order valence-electron chi connectivity index (χ2n) is 9.05. The minimum atomic E-state index is -3.07. The van der Waals surface area contributed by atoms with Gasteiger partial charge in [-0.2, -0.15) is 0 Å². The van der Waals surface area contributed by atoms with Gasteiger partial charge in [-0.25, -0.2) is 13.8 Å². The second-order valence-corrected chi connectivity index (χ2v) is 10.6. The van der Waals surface area contributed by atoms with E-state index in [2.05, 4.69) is 53.4 Å². The number of pyridine rings is 1. The summed E-state index contributed by atoms with van der Waals surface area (Å²) in [5.41, 5.74) is 4.18. The predicted molar refractivity (Wildman–Crippen MR) is 144 cm³/mol. The van der Waals surface area contributed by atoms with Gasteiger partial charge in [0, 0.05) is 30.6 Å². The lowest BCUT2D eigenvalue weighted by atomic mass is 10.0. The maximum absolute atomic E-state index is 14.5. The molecule has 4 rings (SSSR count). The second kappa shape index (κ2) is 11.4. The first-order chi connectivity index (χ1) is 17.2. The molecule has 8 heteroatoms. The van der Waals surface area contributed by atoms with E-state index in [1.807, 2.05) is 6.07 Å². The lowest BCUT2D eigenvalue weighted by Crippen LogP contribution is -2.14. The zero-order valence-electron chi connectivity index (χ0n) is 20.4. The topological polar surface area (TPSA) is 47.0 Å². The summed E-state index contributed by atoms with van der Waals surface area (Å²) in [5, 5.41) is 3.60. The molecule has 0 unspecified atom stereocenters. The Balaban J connectivity index is 1.43. The summed E-state index contributed by atoms with van der Waals surface area (Å²) in [6, 6.07) is 16.8. The van der Waals surface area contributed by atoms with E-state index in [0.717, 1.165) is 25.3 Å². The van der Waals surface area contributed by atoms with Gasteiger partial charge in [0.15, 0.2) is 5.13 Å². The van der Waals surface area contributed by atoms with E-state index in [4.69, 9.17) is 16.3 Å². The highest BCUT2D eigenvalue weighted by Crippen LogP contribution is 2.39. The number of aromatic nitrogens is 2. The van der Waals surface area contributed by atoms with Gasteiger partial charge in [-0.1, -0.05) is 59.7 Å². The highest BCUT2D eigenvalue weighted by Gasteiger charge is 2.29. The molecule has 0 saturated heterocycles. The fourth-order valence-electron chi connectivity index (χ4n) is 3.72. The molecule has 0 amide bonds. The summed E-state index contributed by atoms with van der Waals surface area (Å²) in [5.74, 6) is -2.67. The Morgan fingerprint density at radius 3 is 2.61 bits per heavy atom. The molecule has 1 atom stereocenters. The number of rotatable bonds is 10. The van der Waals surface area contributed by atoms with Crippen LogP contribution in [0.1, 0.15) is 37.0 Å². The molecule has 0 aliphatic heterocycles. The van der Waals surface area contributed by atoms with E-state index in [1.165, 1.54) is 28.5 Å². The number of anilines is 2. The van der Waals surface area contributed by atoms with Crippen molar-refractivity contribution in [2.45, 2.75) is 39.5 Å². The Hall–Kier alpha value is -3.03. The summed E-state index contributed by atoms with van der Waals surface area (Å²) < 4.78 is 35.4. The maximum Gasteiger partial charge on any atom is 0.274 e. The van der Waals surface area contributed by atoms with Crippen molar-refractivity contribution >= 4 is 33.8 Å². The number of hydrogen-bond acceptors (Lipinski definition) is 5. The first-order valence-electron chi connectivity index (χ1n) is 11.7. The molecule has 188 valence electrons. The van der Waals surface area contributed by atoms with Gasteiger partial charge >= 0.3 is 0 Å². The predicted octanol–water partition coefficient (Wildman–Crippen LogP) is 8.67. The third-order valence-electron chi connectivity index (χ3n) is 5.79. The molecule has 1 N–H and O–H groups in total. The molecule has 0 fully saturated rings. The van der Waals surface area contributed by atoms with Crippen molar-refractivity contribution in [2.75, 3.05) is 11.9 Å². The number of nitrogens with one attached hydrogen (secondary N) is 1. The monoisotopic (exact) mass is 527 g/mol. The Kier molecular flexibility index (Phi) is 8.21. The minimum Gasteiger partial charge on any atom is -0.493 e. The normalized spacial score (nSPS) is 12.4. The molecule has 2 heterocycles. The van der Waals surface area contributed by atoms with E-state index >= 15 is 0 Å². The zero-order valence-corrected chi connectivity index (χ0v) is 22.0. The van der Waals surface area contributed by atoms with Crippen molar-refractivity contribution in [3.63, 3.8) is 0 Å². The number of nitrogens with zero attached hydrogens (tertiary/aromatic N) is 2. The number of ether oxygens (including phenoxy) is 1. The zero-order chi connectivity index (χ0) is 25.7. The van der Waals surface area contributed by atoms with Crippen LogP contribution in [-0.4, -0.2) is 16.6 Å². The molecule has 2 aromatic heterocycles. The standard InChI is InChI=1S/C28H28ClF2N3OS/c1-18-6-9-20(10-7-18)11-8-19(2)17-35-24-13-12-22(15-23(24)28(3,30)31)33-27-34-25(26(29)36-27)21-5-4-14-32-16-21/h4-7,9-10,12-16,19H,8,11,17H2,1-3H3,(H,33,34)/t19-/m1/s1. The summed E-state index contributed by atoms with van der Waals surface area (Å²) in [4.78, 5) is 8.61. The van der Waals surface area contributed by atoms with E-state index in [1.54, 1.807) is 30.6 Å². The highest BCUT2D eigenvalue weighted by molar-refractivity contribution is 7.20. The average molecular weight is 528 g/mol. The fourth-order valence-corrected chi connectivity index (χ4v) is 4.83. The quantitative estimate of drug-likeness (QED) is 0.224. The van der Waals surface area contributed by atoms with Crippen LogP contribution in [0, 0.1) is 12.8 Å². The third kappa shape index (κ3) is 6.80. The molecule has 4 aromatic rings. The molecule has 36 heavy (non-hydrogen) atoms. The lowest BCUT2D eigenvalue weighted by Gasteiger charge is -2.20. The van der Waals surface area contributed by atoms with Gasteiger partial charge in [0.05, 0.1) is 12.2 Å². The van der Waals surface area contributed by atoms with Gasteiger partial charge in [-0.05, 0) is 61.6 Å². The Morgan fingerprint density at radius 2 is 1.92 bits per heavy atom. The van der Waals surface area contributed by atoms with Crippen LogP contribution in [0.15, 0.2) is 67.0 Å². The Morgan fingerprint density at radius 1 is 1.14 bits per heavy atom. The lowest BCUT2D eigenvalue weighted by molar-refractivity contribution is 0.0141. The summed E-state index contributed by atoms with van der Waals surface area (Å²) in [6.45, 7) is 5.37. The van der Waals surface area contributed by atoms with Crippen molar-refractivity contribution in [2.24, 2.45) is 5.92 Å². The maximum atomic E-state index is 14.5. The van der Waals surface area contributed by atoms with Crippen LogP contribution in [0.4, 0.5) is 19.6 Å². The molecule has 2 aromatic carbocycles. The van der Waals surface area contributed by atoms with Gasteiger partial charge in [-0.15, -0.1) is 0 Å². The van der Waals surface area contributed by atoms with Gasteiger partial charge < -0.3 is 10.1 Å². The number of hydrogen-bond donors (Lipinski definition) is 1. The van der Waals surface area contributed by atoms with Crippen LogP contribution in [0.2, 0.25) is 4.34 Å². The van der Waals surface area contributed by atoms with Gasteiger partial charge in [-0.3, -0.25) is 4.98 Å². The van der Waals surface area contributed by atoms with Crippen LogP contribution >= 0.6 is 22.9 Å². The van der Waals surface area contributed by atoms with E-state index in [9.17, 15) is 8.78 Å². The van der Waals surface area contributed by atoms with Gasteiger partial charge in [0.25, 0.3) is 5.92 Å². The third-order valence-corrected chi connectivity index (χ3v) is 6.96. The summed E-state index contributed by atoms with van der Waals surface area (Å²) >= 11 is 7.60. The van der Waals surface area contributed by atoms with Gasteiger partial charge in [0.1, 0.15) is 15.8 Å². The number of benzene rings is 2. The summed E-state index contributed by atoms with van der Waals surface area (Å²) in [6.07, 6.45) is 5.17. The molecule has 0 bridgehead atoms. The van der Waals surface area contributed by atoms with E-state index in [-0.39, 0.29) is 17.2 Å². The van der Waals surface area contributed by atoms with Gasteiger partial charge in [0.2, 0.25) is 0 Å². The van der Waals surface area contributed by atoms with E-state index in [0.29, 0.717) is 27.5 Å². The molecule has 4 nitrogen and oxygen atoms in total. The largest absolute Gasteiger partial charge is 0.493 e. The van der Waals surface area contributed by atoms with Crippen LogP contribution in [0.3, 0.4) is 0 Å². The molecular weight excluding hydrogens is 500 g/mol. The number of aryl methyl sites for hydroxylation is 2. The summed E-state index contributed by atoms with van der Waals surface area (Å²) in [7, 11) is 0. The van der Waals surface area contributed by atoms with Crippen LogP contribution < -0.4 is 10.1 Å². The number of halogens is 3. The molecule has 0 spiro atoms. The molecule has 0 radical (unpaired) electrons. The number of thiazole rings is 1. The van der Waals surface area contributed by atoms with Crippen molar-refractivity contribution in [1.82, 2.24) is 9.97 Å². The molecule has 0 saturated carbocycles. The highest BCUT2D eigenvalue weighted by atomic mass is 35.5. The minimum absolute atomic E-state index is 0.173. The molecular formula is C28H28ClF2N3OS. The fraction of sp³-hybridized carbons (Fsp3) is 0.286. The van der Waals surface area contributed by atoms with Crippen LogP contribution in [-0.2, 0) is 12.3 Å². The number of alkyl halides is 2.